The molecule has 0 saturated carbocycles. The third-order valence-corrected chi connectivity index (χ3v) is 7.82. The van der Waals surface area contributed by atoms with Crippen molar-refractivity contribution in [2.45, 2.75) is 25.2 Å². The van der Waals surface area contributed by atoms with E-state index in [0.29, 0.717) is 12.2 Å². The van der Waals surface area contributed by atoms with E-state index in [0.717, 1.165) is 12.0 Å². The van der Waals surface area contributed by atoms with Crippen LogP contribution in [0.4, 0.5) is 5.69 Å². The molecule has 4 aromatic rings. The van der Waals surface area contributed by atoms with E-state index in [1.54, 1.807) is 48.5 Å². The number of hydrogen-bond donors (Lipinski definition) is 1. The molecule has 0 aromatic heterocycles. The topological polar surface area (TPSA) is 66.5 Å². The normalized spacial score (nSPS) is 12.3. The number of nitrogens with one attached hydrogen (secondary N) is 1. The summed E-state index contributed by atoms with van der Waals surface area (Å²) in [6.45, 7) is 4.15. The number of rotatable bonds is 9. The van der Waals surface area contributed by atoms with Gasteiger partial charge in [-0.15, -0.1) is 0 Å². The fraction of sp³-hybridized carbons (Fsp3) is 0.207. The van der Waals surface area contributed by atoms with Crippen molar-refractivity contribution >= 4 is 32.4 Å². The van der Waals surface area contributed by atoms with Crippen molar-refractivity contribution in [2.24, 2.45) is 5.92 Å². The van der Waals surface area contributed by atoms with Gasteiger partial charge in [0.25, 0.3) is 10.0 Å². The molecule has 1 N–H and O–H groups in total. The van der Waals surface area contributed by atoms with E-state index < -0.39 is 10.0 Å². The number of nitrogens with zero attached hydrogens (tertiary/aromatic N) is 1. The van der Waals surface area contributed by atoms with Crippen LogP contribution in [0.25, 0.3) is 10.8 Å². The standard InChI is InChI=1S/C29H30N2O3S/c1-22-15-17-27(18-16-22)35(33,34)31(26-12-4-3-5-13-26)21-29(32)30-20-23(2)19-25-11-8-10-24-9-6-7-14-28(24)25/h3-18,23H,19-21H2,1-2H3,(H,30,32). The van der Waals surface area contributed by atoms with E-state index in [-0.39, 0.29) is 23.3 Å². The SMILES string of the molecule is Cc1ccc(S(=O)(=O)N(CC(=O)NCC(C)Cc2cccc3ccccc23)c2ccccc2)cc1. The van der Waals surface area contributed by atoms with Crippen LogP contribution in [-0.2, 0) is 21.2 Å². The van der Waals surface area contributed by atoms with Crippen LogP contribution in [0.2, 0.25) is 0 Å². The Bertz CT molecular complexity index is 1400. The highest BCUT2D eigenvalue weighted by Gasteiger charge is 2.27. The third kappa shape index (κ3) is 5.89. The molecule has 6 heteroatoms. The zero-order valence-electron chi connectivity index (χ0n) is 20.0. The summed E-state index contributed by atoms with van der Waals surface area (Å²) in [5.41, 5.74) is 2.65. The van der Waals surface area contributed by atoms with Gasteiger partial charge in [0.15, 0.2) is 0 Å². The van der Waals surface area contributed by atoms with Crippen LogP contribution < -0.4 is 9.62 Å². The van der Waals surface area contributed by atoms with Gasteiger partial charge >= 0.3 is 0 Å². The molecule has 1 atom stereocenters. The van der Waals surface area contributed by atoms with Crippen LogP contribution in [-0.4, -0.2) is 27.4 Å². The number of carbonyl (C=O) groups excluding carboxylic acids is 1. The molecule has 0 radical (unpaired) electrons. The second-order valence-corrected chi connectivity index (χ2v) is 10.8. The van der Waals surface area contributed by atoms with Gasteiger partial charge in [0, 0.05) is 6.54 Å². The fourth-order valence-corrected chi connectivity index (χ4v) is 5.56. The molecule has 0 aliphatic carbocycles. The summed E-state index contributed by atoms with van der Waals surface area (Å²) in [5.74, 6) is -0.155. The zero-order chi connectivity index (χ0) is 24.8. The van der Waals surface area contributed by atoms with E-state index in [9.17, 15) is 13.2 Å². The highest BCUT2D eigenvalue weighted by Crippen LogP contribution is 2.24. The zero-order valence-corrected chi connectivity index (χ0v) is 20.8. The molecule has 0 fully saturated rings. The molecule has 0 spiro atoms. The van der Waals surface area contributed by atoms with Crippen molar-refractivity contribution in [1.29, 1.82) is 0 Å². The molecule has 1 unspecified atom stereocenters. The molecule has 1 amide bonds. The van der Waals surface area contributed by atoms with Crippen LogP contribution in [0.5, 0.6) is 0 Å². The van der Waals surface area contributed by atoms with Gasteiger partial charge in [0.1, 0.15) is 6.54 Å². The third-order valence-electron chi connectivity index (χ3n) is 6.04. The Morgan fingerprint density at radius 3 is 2.26 bits per heavy atom. The molecule has 5 nitrogen and oxygen atoms in total. The fourth-order valence-electron chi connectivity index (χ4n) is 4.14. The predicted octanol–water partition coefficient (Wildman–Crippen LogP) is 5.34. The highest BCUT2D eigenvalue weighted by molar-refractivity contribution is 7.92. The number of aryl methyl sites for hydroxylation is 1. The number of hydrogen-bond acceptors (Lipinski definition) is 3. The molecular formula is C29H30N2O3S. The first-order valence-electron chi connectivity index (χ1n) is 11.7. The summed E-state index contributed by atoms with van der Waals surface area (Å²) in [4.78, 5) is 13.1. The van der Waals surface area contributed by atoms with Gasteiger partial charge in [-0.25, -0.2) is 8.42 Å². The Labute approximate surface area is 207 Å². The van der Waals surface area contributed by atoms with Gasteiger partial charge in [-0.2, -0.15) is 0 Å². The molecule has 4 aromatic carbocycles. The van der Waals surface area contributed by atoms with Gasteiger partial charge in [0.05, 0.1) is 10.6 Å². The Morgan fingerprint density at radius 2 is 1.51 bits per heavy atom. The van der Waals surface area contributed by atoms with Crippen LogP contribution in [0, 0.1) is 12.8 Å². The summed E-state index contributed by atoms with van der Waals surface area (Å²) in [6, 6.07) is 29.9. The molecular weight excluding hydrogens is 456 g/mol. The molecule has 180 valence electrons. The Morgan fingerprint density at radius 1 is 0.857 bits per heavy atom. The molecule has 0 saturated heterocycles. The van der Waals surface area contributed by atoms with Crippen molar-refractivity contribution < 1.29 is 13.2 Å². The summed E-state index contributed by atoms with van der Waals surface area (Å²) >= 11 is 0. The maximum atomic E-state index is 13.4. The summed E-state index contributed by atoms with van der Waals surface area (Å²) in [6.07, 6.45) is 0.811. The lowest BCUT2D eigenvalue weighted by Crippen LogP contribution is -2.42. The van der Waals surface area contributed by atoms with Crippen LogP contribution in [0.1, 0.15) is 18.1 Å². The number of fused-ring (bicyclic) bond motifs is 1. The molecule has 0 heterocycles. The Hall–Kier alpha value is -3.64. The minimum absolute atomic E-state index is 0.157. The van der Waals surface area contributed by atoms with Crippen molar-refractivity contribution in [2.75, 3.05) is 17.4 Å². The van der Waals surface area contributed by atoms with E-state index in [1.807, 2.05) is 25.1 Å². The lowest BCUT2D eigenvalue weighted by molar-refractivity contribution is -0.119. The molecule has 35 heavy (non-hydrogen) atoms. The average Bonchev–Trinajstić information content (AvgIpc) is 2.87. The van der Waals surface area contributed by atoms with Gasteiger partial charge < -0.3 is 5.32 Å². The van der Waals surface area contributed by atoms with Crippen molar-refractivity contribution in [3.05, 3.63) is 108 Å². The second-order valence-electron chi connectivity index (χ2n) is 8.91. The van der Waals surface area contributed by atoms with Crippen molar-refractivity contribution in [1.82, 2.24) is 5.32 Å². The number of benzene rings is 4. The number of carbonyl (C=O) groups is 1. The maximum absolute atomic E-state index is 13.4. The largest absolute Gasteiger partial charge is 0.354 e. The second kappa shape index (κ2) is 10.7. The maximum Gasteiger partial charge on any atom is 0.264 e. The smallest absolute Gasteiger partial charge is 0.264 e. The Kier molecular flexibility index (Phi) is 7.51. The summed E-state index contributed by atoms with van der Waals surface area (Å²) in [7, 11) is -3.90. The van der Waals surface area contributed by atoms with E-state index >= 15 is 0 Å². The summed E-state index contributed by atoms with van der Waals surface area (Å²) < 4.78 is 28.0. The quantitative estimate of drug-likeness (QED) is 0.347. The van der Waals surface area contributed by atoms with Crippen LogP contribution in [0.15, 0.2) is 102 Å². The van der Waals surface area contributed by atoms with E-state index in [2.05, 4.69) is 42.6 Å². The monoisotopic (exact) mass is 486 g/mol. The minimum Gasteiger partial charge on any atom is -0.354 e. The number of para-hydroxylation sites is 1. The van der Waals surface area contributed by atoms with Crippen LogP contribution >= 0.6 is 0 Å². The predicted molar refractivity (Wildman–Crippen MR) is 142 cm³/mol. The first-order chi connectivity index (χ1) is 16.8. The molecule has 0 aliphatic rings. The van der Waals surface area contributed by atoms with Gasteiger partial charge in [-0.3, -0.25) is 9.10 Å². The highest BCUT2D eigenvalue weighted by atomic mass is 32.2. The number of anilines is 1. The van der Waals surface area contributed by atoms with Gasteiger partial charge in [-0.1, -0.05) is 85.3 Å². The Balaban J connectivity index is 1.46. The molecule has 0 bridgehead atoms. The number of amides is 1. The first kappa shape index (κ1) is 24.5. The lowest BCUT2D eigenvalue weighted by Gasteiger charge is -2.24. The number of sulfonamides is 1. The van der Waals surface area contributed by atoms with E-state index in [1.165, 1.54) is 20.6 Å². The lowest BCUT2D eigenvalue weighted by atomic mass is 9.96. The van der Waals surface area contributed by atoms with Gasteiger partial charge in [0.2, 0.25) is 5.91 Å². The van der Waals surface area contributed by atoms with Crippen molar-refractivity contribution in [3.8, 4) is 0 Å². The van der Waals surface area contributed by atoms with E-state index in [4.69, 9.17) is 0 Å². The van der Waals surface area contributed by atoms with Gasteiger partial charge in [-0.05, 0) is 59.9 Å². The minimum atomic E-state index is -3.90. The molecule has 4 rings (SSSR count). The first-order valence-corrected chi connectivity index (χ1v) is 13.2. The average molecular weight is 487 g/mol. The molecule has 0 aliphatic heterocycles. The summed E-state index contributed by atoms with van der Waals surface area (Å²) in [5, 5.41) is 5.35. The van der Waals surface area contributed by atoms with Crippen molar-refractivity contribution in [3.63, 3.8) is 0 Å². The van der Waals surface area contributed by atoms with Crippen LogP contribution in [0.3, 0.4) is 0 Å².